The maximum absolute atomic E-state index is 13.6. The van der Waals surface area contributed by atoms with E-state index in [1.165, 1.54) is 21.3 Å². The topological polar surface area (TPSA) is 55.8 Å². The molecule has 0 fully saturated rings. The average molecular weight is 297 g/mol. The Kier molecular flexibility index (Phi) is 5.58. The molecule has 1 aliphatic rings. The molecule has 1 rings (SSSR count). The quantitative estimate of drug-likeness (QED) is 0.742. The monoisotopic (exact) mass is 297 g/mol. The second-order valence-corrected chi connectivity index (χ2v) is 7.74. The lowest BCUT2D eigenvalue weighted by molar-refractivity contribution is -0.0346. The summed E-state index contributed by atoms with van der Waals surface area (Å²) in [6.07, 6.45) is 0. The van der Waals surface area contributed by atoms with Gasteiger partial charge in [-0.2, -0.15) is 12.9 Å². The van der Waals surface area contributed by atoms with Crippen molar-refractivity contribution < 1.29 is 27.1 Å². The highest BCUT2D eigenvalue weighted by Gasteiger charge is 2.50. The van der Waals surface area contributed by atoms with Crippen molar-refractivity contribution in [1.29, 1.82) is 0 Å². The number of hydrogen-bond acceptors (Lipinski definition) is 7. The summed E-state index contributed by atoms with van der Waals surface area (Å²) in [5.41, 5.74) is 0. The molecule has 0 aromatic heterocycles. The van der Waals surface area contributed by atoms with E-state index in [0.717, 1.165) is 11.7 Å². The minimum absolute atomic E-state index is 0.448. The fraction of sp³-hybridized carbons (Fsp3) is 1.00. The molecule has 0 aliphatic carbocycles. The summed E-state index contributed by atoms with van der Waals surface area (Å²) in [5, 5.41) is 0. The van der Waals surface area contributed by atoms with E-state index in [1.54, 1.807) is 0 Å². The predicted molar refractivity (Wildman–Crippen MR) is 57.1 cm³/mol. The van der Waals surface area contributed by atoms with Gasteiger partial charge in [0.2, 0.25) is 0 Å². The van der Waals surface area contributed by atoms with Crippen molar-refractivity contribution in [2.24, 2.45) is 4.52 Å². The average Bonchev–Trinajstić information content (AvgIpc) is 2.26. The first-order valence-electron chi connectivity index (χ1n) is 3.90. The SMILES string of the molecule is CON1P(OC)N=P(F)(F)N(OC)P1OC. The van der Waals surface area contributed by atoms with Crippen LogP contribution in [0.25, 0.3) is 0 Å². The van der Waals surface area contributed by atoms with Crippen molar-refractivity contribution in [2.45, 2.75) is 0 Å². The van der Waals surface area contributed by atoms with Crippen LogP contribution in [0.3, 0.4) is 0 Å². The number of halogens is 2. The minimum atomic E-state index is -4.72. The van der Waals surface area contributed by atoms with Crippen molar-refractivity contribution in [3.05, 3.63) is 0 Å². The van der Waals surface area contributed by atoms with Gasteiger partial charge in [-0.1, -0.05) is 4.60 Å². The Morgan fingerprint density at radius 3 is 2.06 bits per heavy atom. The molecule has 0 aromatic carbocycles. The molecule has 0 aromatic rings. The van der Waals surface area contributed by atoms with E-state index in [0.29, 0.717) is 4.60 Å². The van der Waals surface area contributed by atoms with Gasteiger partial charge in [0.25, 0.3) is 16.9 Å². The van der Waals surface area contributed by atoms with E-state index in [1.807, 2.05) is 0 Å². The maximum Gasteiger partial charge on any atom is 0.403 e. The fourth-order valence-corrected chi connectivity index (χ4v) is 6.87. The first-order valence-corrected chi connectivity index (χ1v) is 7.71. The summed E-state index contributed by atoms with van der Waals surface area (Å²) in [5.74, 6) is 0. The number of hydrogen-bond donors (Lipinski definition) is 0. The van der Waals surface area contributed by atoms with Crippen LogP contribution >= 0.6 is 24.7 Å². The van der Waals surface area contributed by atoms with E-state index in [9.17, 15) is 8.39 Å². The maximum atomic E-state index is 13.6. The van der Waals surface area contributed by atoms with Crippen molar-refractivity contribution >= 4 is 24.7 Å². The van der Waals surface area contributed by atoms with Gasteiger partial charge in [0.1, 0.15) is 0 Å². The molecule has 96 valence electrons. The Morgan fingerprint density at radius 2 is 1.69 bits per heavy atom. The van der Waals surface area contributed by atoms with Crippen LogP contribution in [0.1, 0.15) is 0 Å². The van der Waals surface area contributed by atoms with Gasteiger partial charge < -0.3 is 9.05 Å². The van der Waals surface area contributed by atoms with Gasteiger partial charge in [0.05, 0.1) is 14.2 Å². The van der Waals surface area contributed by atoms with E-state index >= 15 is 0 Å². The normalized spacial score (nSPS) is 31.4. The number of rotatable bonds is 4. The van der Waals surface area contributed by atoms with Crippen molar-refractivity contribution in [3.8, 4) is 0 Å². The second kappa shape index (κ2) is 6.05. The van der Waals surface area contributed by atoms with Crippen LogP contribution in [0, 0.1) is 0 Å². The largest absolute Gasteiger partial charge is 0.403 e. The summed E-state index contributed by atoms with van der Waals surface area (Å²) < 4.78 is 41.9. The summed E-state index contributed by atoms with van der Waals surface area (Å²) in [7, 11) is -3.47. The van der Waals surface area contributed by atoms with Crippen LogP contribution in [0.15, 0.2) is 4.52 Å². The lowest BCUT2D eigenvalue weighted by Gasteiger charge is -2.38. The molecule has 12 heteroatoms. The molecule has 16 heavy (non-hydrogen) atoms. The van der Waals surface area contributed by atoms with E-state index < -0.39 is 24.7 Å². The van der Waals surface area contributed by atoms with E-state index in [4.69, 9.17) is 13.9 Å². The van der Waals surface area contributed by atoms with Gasteiger partial charge in [0, 0.05) is 14.2 Å². The van der Waals surface area contributed by atoms with Crippen molar-refractivity contribution in [3.63, 3.8) is 0 Å². The number of nitrogens with zero attached hydrogens (tertiary/aromatic N) is 3. The van der Waals surface area contributed by atoms with Gasteiger partial charge in [-0.3, -0.25) is 9.68 Å². The van der Waals surface area contributed by atoms with E-state index in [-0.39, 0.29) is 0 Å². The first kappa shape index (κ1) is 14.8. The highest BCUT2D eigenvalue weighted by molar-refractivity contribution is 7.77. The Labute approximate surface area is 94.7 Å². The molecule has 0 radical (unpaired) electrons. The standard InChI is InChI=1S/C4H12F2N3O4P3/c1-10-8-14(12-3)7-16(5,6)9(11-2)15(8)13-4/h1-4H3. The summed E-state index contributed by atoms with van der Waals surface area (Å²) >= 11 is 0. The zero-order valence-electron chi connectivity index (χ0n) is 9.07. The van der Waals surface area contributed by atoms with Crippen LogP contribution in [0.2, 0.25) is 0 Å². The Bertz CT molecular complexity index is 292. The molecule has 0 spiro atoms. The van der Waals surface area contributed by atoms with Crippen molar-refractivity contribution in [1.82, 2.24) is 9.21 Å². The molecule has 0 saturated carbocycles. The molecule has 0 bridgehead atoms. The van der Waals surface area contributed by atoms with Crippen LogP contribution < -0.4 is 0 Å². The van der Waals surface area contributed by atoms with Crippen LogP contribution in [-0.2, 0) is 18.7 Å². The van der Waals surface area contributed by atoms with Crippen LogP contribution in [0.5, 0.6) is 0 Å². The fourth-order valence-electron chi connectivity index (χ4n) is 0.937. The van der Waals surface area contributed by atoms with Crippen LogP contribution in [-0.4, -0.2) is 37.6 Å². The Hall–Kier alpha value is 0.710. The summed E-state index contributed by atoms with van der Waals surface area (Å²) in [4.78, 5) is 9.54. The van der Waals surface area contributed by atoms with E-state index in [2.05, 4.69) is 9.35 Å². The summed E-state index contributed by atoms with van der Waals surface area (Å²) in [6.45, 7) is 0. The van der Waals surface area contributed by atoms with Gasteiger partial charge in [-0.15, -0.1) is 0 Å². The lowest BCUT2D eigenvalue weighted by Crippen LogP contribution is -2.25. The Balaban J connectivity index is 3.11. The molecule has 2 atom stereocenters. The molecule has 0 amide bonds. The minimum Gasteiger partial charge on any atom is -0.331 e. The highest BCUT2D eigenvalue weighted by Crippen LogP contribution is 2.79. The third-order valence-electron chi connectivity index (χ3n) is 1.48. The molecule has 0 N–H and O–H groups in total. The highest BCUT2D eigenvalue weighted by atomic mass is 31.3. The van der Waals surface area contributed by atoms with Gasteiger partial charge in [-0.25, -0.2) is 0 Å². The third kappa shape index (κ3) is 2.75. The molecule has 7 nitrogen and oxygen atoms in total. The van der Waals surface area contributed by atoms with Crippen molar-refractivity contribution in [2.75, 3.05) is 28.4 Å². The van der Waals surface area contributed by atoms with Crippen LogP contribution in [0.4, 0.5) is 8.39 Å². The third-order valence-corrected chi connectivity index (χ3v) is 7.57. The molecule has 1 heterocycles. The molecule has 0 saturated heterocycles. The zero-order valence-corrected chi connectivity index (χ0v) is 11.8. The molecular weight excluding hydrogens is 285 g/mol. The molecule has 2 unspecified atom stereocenters. The van der Waals surface area contributed by atoms with Gasteiger partial charge in [-0.05, 0) is 4.60 Å². The lowest BCUT2D eigenvalue weighted by atomic mass is 11.7. The van der Waals surface area contributed by atoms with Gasteiger partial charge in [0.15, 0.2) is 0 Å². The summed E-state index contributed by atoms with van der Waals surface area (Å²) in [6, 6.07) is 0. The van der Waals surface area contributed by atoms with Gasteiger partial charge >= 0.3 is 7.83 Å². The molecule has 1 aliphatic heterocycles. The smallest absolute Gasteiger partial charge is 0.331 e. The zero-order chi connectivity index (χ0) is 12.3. The Morgan fingerprint density at radius 1 is 1.06 bits per heavy atom. The predicted octanol–water partition coefficient (Wildman–Crippen LogP) is 3.36. The first-order chi connectivity index (χ1) is 7.51. The second-order valence-electron chi connectivity index (χ2n) is 2.29. The molecular formula is C4H12F2N3O4P3.